The maximum atomic E-state index is 10.7. The molecule has 0 fully saturated rings. The Morgan fingerprint density at radius 3 is 2.86 bits per heavy atom. The van der Waals surface area contributed by atoms with E-state index in [4.69, 9.17) is 5.11 Å². The van der Waals surface area contributed by atoms with Crippen molar-refractivity contribution in [2.45, 2.75) is 18.9 Å². The van der Waals surface area contributed by atoms with Gasteiger partial charge in [0.2, 0.25) is 0 Å². The van der Waals surface area contributed by atoms with Crippen LogP contribution in [0.2, 0.25) is 0 Å². The first-order chi connectivity index (χ1) is 6.27. The van der Waals surface area contributed by atoms with Crippen LogP contribution in [0.15, 0.2) is 24.3 Å². The number of carboxylic acid groups (broad SMARTS) is 1. The predicted octanol–water partition coefficient (Wildman–Crippen LogP) is 1.92. The largest absolute Gasteiger partial charge is 0.480 e. The van der Waals surface area contributed by atoms with Gasteiger partial charge >= 0.3 is 5.97 Å². The number of aliphatic carboxylic acids is 1. The van der Waals surface area contributed by atoms with Crippen LogP contribution in [0.3, 0.4) is 0 Å². The molecule has 0 amide bonds. The Bertz CT molecular complexity index is 341. The van der Waals surface area contributed by atoms with Crippen LogP contribution in [0.4, 0.5) is 5.69 Å². The Labute approximate surface area is 88.5 Å². The van der Waals surface area contributed by atoms with Gasteiger partial charge in [-0.2, -0.15) is 0 Å². The Kier molecular flexibility index (Phi) is 3.36. The molecule has 0 bridgehead atoms. The van der Waals surface area contributed by atoms with Crippen molar-refractivity contribution in [3.63, 3.8) is 0 Å². The zero-order valence-electron chi connectivity index (χ0n) is 7.56. The zero-order chi connectivity index (χ0) is 9.26. The van der Waals surface area contributed by atoms with E-state index in [1.165, 1.54) is 5.56 Å². The van der Waals surface area contributed by atoms with E-state index in [0.29, 0.717) is 6.42 Å². The maximum Gasteiger partial charge on any atom is 0.326 e. The van der Waals surface area contributed by atoms with Crippen LogP contribution in [-0.2, 0) is 11.2 Å². The first-order valence-corrected chi connectivity index (χ1v) is 4.34. The van der Waals surface area contributed by atoms with Crippen molar-refractivity contribution >= 4 is 24.1 Å². The number of anilines is 1. The van der Waals surface area contributed by atoms with Crippen LogP contribution in [0.5, 0.6) is 0 Å². The second-order valence-corrected chi connectivity index (χ2v) is 3.23. The summed E-state index contributed by atoms with van der Waals surface area (Å²) in [5.41, 5.74) is 2.17. The molecule has 0 aromatic heterocycles. The van der Waals surface area contributed by atoms with Crippen molar-refractivity contribution in [3.8, 4) is 0 Å². The number of carboxylic acids is 1. The lowest BCUT2D eigenvalue weighted by Gasteiger charge is -2.23. The number of hydrogen-bond acceptors (Lipinski definition) is 2. The van der Waals surface area contributed by atoms with E-state index in [1.54, 1.807) is 0 Å². The molecule has 3 nitrogen and oxygen atoms in total. The van der Waals surface area contributed by atoms with Crippen molar-refractivity contribution in [1.29, 1.82) is 0 Å². The van der Waals surface area contributed by atoms with Crippen LogP contribution in [-0.4, -0.2) is 17.1 Å². The van der Waals surface area contributed by atoms with Gasteiger partial charge in [0.25, 0.3) is 0 Å². The van der Waals surface area contributed by atoms with Gasteiger partial charge in [-0.3, -0.25) is 0 Å². The van der Waals surface area contributed by atoms with Gasteiger partial charge < -0.3 is 10.4 Å². The van der Waals surface area contributed by atoms with E-state index in [9.17, 15) is 4.79 Å². The molecule has 0 spiro atoms. The van der Waals surface area contributed by atoms with Crippen molar-refractivity contribution in [2.75, 3.05) is 5.32 Å². The number of rotatable bonds is 1. The zero-order valence-corrected chi connectivity index (χ0v) is 8.38. The van der Waals surface area contributed by atoms with Gasteiger partial charge in [-0.1, -0.05) is 18.2 Å². The molecular weight excluding hydrogens is 202 g/mol. The summed E-state index contributed by atoms with van der Waals surface area (Å²) in [4.78, 5) is 10.7. The first kappa shape index (κ1) is 10.9. The van der Waals surface area contributed by atoms with Gasteiger partial charge in [-0.15, -0.1) is 12.4 Å². The fourth-order valence-electron chi connectivity index (χ4n) is 1.62. The summed E-state index contributed by atoms with van der Waals surface area (Å²) >= 11 is 0. The molecule has 1 aliphatic rings. The topological polar surface area (TPSA) is 49.3 Å². The van der Waals surface area contributed by atoms with Gasteiger partial charge in [0.1, 0.15) is 6.04 Å². The molecule has 0 saturated heterocycles. The number of para-hydroxylation sites is 1. The van der Waals surface area contributed by atoms with Crippen molar-refractivity contribution in [1.82, 2.24) is 0 Å². The molecule has 14 heavy (non-hydrogen) atoms. The fraction of sp³-hybridized carbons (Fsp3) is 0.300. The van der Waals surface area contributed by atoms with E-state index in [0.717, 1.165) is 12.1 Å². The summed E-state index contributed by atoms with van der Waals surface area (Å²) in [5, 5.41) is 11.8. The number of benzene rings is 1. The second-order valence-electron chi connectivity index (χ2n) is 3.23. The minimum atomic E-state index is -0.769. The molecule has 1 heterocycles. The number of aryl methyl sites for hydroxylation is 1. The average molecular weight is 214 g/mol. The van der Waals surface area contributed by atoms with Gasteiger partial charge in [0.05, 0.1) is 0 Å². The highest BCUT2D eigenvalue weighted by Gasteiger charge is 2.22. The summed E-state index contributed by atoms with van der Waals surface area (Å²) in [6, 6.07) is 7.41. The molecule has 2 rings (SSSR count). The normalized spacial score (nSPS) is 18.7. The second kappa shape index (κ2) is 4.33. The highest BCUT2D eigenvalue weighted by Crippen LogP contribution is 2.23. The number of hydrogen-bond donors (Lipinski definition) is 2. The van der Waals surface area contributed by atoms with Gasteiger partial charge in [0, 0.05) is 5.69 Å². The molecule has 0 radical (unpaired) electrons. The van der Waals surface area contributed by atoms with Gasteiger partial charge in [-0.05, 0) is 24.5 Å². The lowest BCUT2D eigenvalue weighted by atomic mass is 9.98. The fourth-order valence-corrected chi connectivity index (χ4v) is 1.62. The molecule has 2 N–H and O–H groups in total. The summed E-state index contributed by atoms with van der Waals surface area (Å²) < 4.78 is 0. The van der Waals surface area contributed by atoms with Crippen molar-refractivity contribution in [3.05, 3.63) is 29.8 Å². The van der Waals surface area contributed by atoms with Gasteiger partial charge in [-0.25, -0.2) is 4.79 Å². The lowest BCUT2D eigenvalue weighted by Crippen LogP contribution is -2.33. The third-order valence-electron chi connectivity index (χ3n) is 2.35. The molecule has 1 atom stereocenters. The Balaban J connectivity index is 0.000000980. The smallest absolute Gasteiger partial charge is 0.326 e. The first-order valence-electron chi connectivity index (χ1n) is 4.34. The number of carbonyl (C=O) groups is 1. The molecule has 76 valence electrons. The highest BCUT2D eigenvalue weighted by molar-refractivity contribution is 5.85. The van der Waals surface area contributed by atoms with E-state index in [1.807, 2.05) is 24.3 Å². The van der Waals surface area contributed by atoms with Gasteiger partial charge in [0.15, 0.2) is 0 Å². The van der Waals surface area contributed by atoms with Crippen molar-refractivity contribution < 1.29 is 9.90 Å². The quantitative estimate of drug-likeness (QED) is 0.750. The number of nitrogens with one attached hydrogen (secondary N) is 1. The number of halogens is 1. The standard InChI is InChI=1S/C10H11NO2.ClH/c12-10(13)9-6-5-7-3-1-2-4-8(7)11-9;/h1-4,9,11H,5-6H2,(H,12,13);1H/t9-;/m0./s1. The third kappa shape index (κ3) is 1.99. The van der Waals surface area contributed by atoms with E-state index < -0.39 is 12.0 Å². The molecule has 1 aliphatic heterocycles. The van der Waals surface area contributed by atoms with Crippen LogP contribution in [0, 0.1) is 0 Å². The minimum Gasteiger partial charge on any atom is -0.480 e. The monoisotopic (exact) mass is 213 g/mol. The summed E-state index contributed by atoms with van der Waals surface area (Å²) in [7, 11) is 0. The lowest BCUT2D eigenvalue weighted by molar-refractivity contribution is -0.138. The molecule has 0 aliphatic carbocycles. The van der Waals surface area contributed by atoms with E-state index >= 15 is 0 Å². The molecule has 1 aromatic rings. The Hall–Kier alpha value is -1.22. The highest BCUT2D eigenvalue weighted by atomic mass is 35.5. The van der Waals surface area contributed by atoms with E-state index in [-0.39, 0.29) is 12.4 Å². The Morgan fingerprint density at radius 1 is 1.43 bits per heavy atom. The molecule has 4 heteroatoms. The summed E-state index contributed by atoms with van der Waals surface area (Å²) in [6.07, 6.45) is 1.52. The van der Waals surface area contributed by atoms with Crippen LogP contribution < -0.4 is 5.32 Å². The maximum absolute atomic E-state index is 10.7. The molecule has 0 saturated carbocycles. The third-order valence-corrected chi connectivity index (χ3v) is 2.35. The molecule has 0 unspecified atom stereocenters. The van der Waals surface area contributed by atoms with Crippen LogP contribution in [0.1, 0.15) is 12.0 Å². The van der Waals surface area contributed by atoms with Crippen LogP contribution >= 0.6 is 12.4 Å². The predicted molar refractivity (Wildman–Crippen MR) is 57.1 cm³/mol. The summed E-state index contributed by atoms with van der Waals surface area (Å²) in [5.74, 6) is -0.769. The van der Waals surface area contributed by atoms with Crippen molar-refractivity contribution in [2.24, 2.45) is 0 Å². The average Bonchev–Trinajstić information content (AvgIpc) is 2.17. The SMILES string of the molecule is Cl.O=C(O)[C@@H]1CCc2ccccc2N1. The molecule has 1 aromatic carbocycles. The molecular formula is C10H12ClNO2. The number of fused-ring (bicyclic) bond motifs is 1. The van der Waals surface area contributed by atoms with Crippen LogP contribution in [0.25, 0.3) is 0 Å². The van der Waals surface area contributed by atoms with E-state index in [2.05, 4.69) is 5.32 Å². The summed E-state index contributed by atoms with van der Waals surface area (Å²) in [6.45, 7) is 0. The Morgan fingerprint density at radius 2 is 2.14 bits per heavy atom. The minimum absolute atomic E-state index is 0.